The third-order valence-corrected chi connectivity index (χ3v) is 4.11. The molecule has 0 aliphatic rings. The largest absolute Gasteiger partial charge is 0.345 e. The second-order valence-electron chi connectivity index (χ2n) is 6.00. The minimum absolute atomic E-state index is 0.0451. The fourth-order valence-corrected chi connectivity index (χ4v) is 2.77. The van der Waals surface area contributed by atoms with Gasteiger partial charge in [-0.15, -0.1) is 0 Å². The van der Waals surface area contributed by atoms with Gasteiger partial charge in [0, 0.05) is 6.42 Å². The molecule has 0 atom stereocenters. The van der Waals surface area contributed by atoms with Gasteiger partial charge in [0.05, 0.1) is 23.3 Å². The number of nitrogens with one attached hydrogen (secondary N) is 2. The Balaban J connectivity index is 1.62. The van der Waals surface area contributed by atoms with E-state index in [4.69, 9.17) is 0 Å². The van der Waals surface area contributed by atoms with E-state index in [1.54, 1.807) is 4.57 Å². The van der Waals surface area contributed by atoms with E-state index in [2.05, 4.69) is 15.6 Å². The number of hydrogen-bond donors (Lipinski definition) is 2. The molecular weight excluding hydrogens is 373 g/mol. The number of nitrogens with zero attached hydrogens (tertiary/aromatic N) is 2. The first-order valence-corrected chi connectivity index (χ1v) is 8.55. The molecule has 0 saturated heterocycles. The highest BCUT2D eigenvalue weighted by Gasteiger charge is 2.16. The summed E-state index contributed by atoms with van der Waals surface area (Å²) in [6.45, 7) is 1.42. The molecule has 3 aromatic rings. The normalized spacial score (nSPS) is 10.9. The molecule has 0 aliphatic heterocycles. The summed E-state index contributed by atoms with van der Waals surface area (Å²) >= 11 is 0. The van der Waals surface area contributed by atoms with Gasteiger partial charge >= 0.3 is 0 Å². The molecule has 2 amide bonds. The quantitative estimate of drug-likeness (QED) is 0.636. The zero-order valence-corrected chi connectivity index (χ0v) is 14.9. The van der Waals surface area contributed by atoms with Gasteiger partial charge in [0.2, 0.25) is 11.8 Å². The maximum absolute atomic E-state index is 13.6. The van der Waals surface area contributed by atoms with Gasteiger partial charge in [-0.25, -0.2) is 18.2 Å². The van der Waals surface area contributed by atoms with Gasteiger partial charge in [-0.1, -0.05) is 19.1 Å². The van der Waals surface area contributed by atoms with Crippen LogP contribution in [0.3, 0.4) is 0 Å². The summed E-state index contributed by atoms with van der Waals surface area (Å²) in [6, 6.07) is 8.96. The summed E-state index contributed by atoms with van der Waals surface area (Å²) in [4.78, 5) is 28.6. The number of carbonyl (C=O) groups excluding carboxylic acids is 2. The maximum atomic E-state index is 13.6. The van der Waals surface area contributed by atoms with Crippen LogP contribution in [0.2, 0.25) is 0 Å². The number of hydrogen-bond acceptors (Lipinski definition) is 3. The highest BCUT2D eigenvalue weighted by molar-refractivity contribution is 5.94. The number of aromatic nitrogens is 2. The first-order valence-electron chi connectivity index (χ1n) is 8.55. The lowest BCUT2D eigenvalue weighted by Crippen LogP contribution is -2.35. The Morgan fingerprint density at radius 3 is 2.54 bits per heavy atom. The van der Waals surface area contributed by atoms with Gasteiger partial charge in [-0.05, 0) is 24.3 Å². The summed E-state index contributed by atoms with van der Waals surface area (Å²) in [5.74, 6) is -5.03. The Kier molecular flexibility index (Phi) is 5.62. The fourth-order valence-electron chi connectivity index (χ4n) is 2.77. The van der Waals surface area contributed by atoms with Gasteiger partial charge in [-0.2, -0.15) is 0 Å². The first-order chi connectivity index (χ1) is 13.4. The zero-order chi connectivity index (χ0) is 20.3. The van der Waals surface area contributed by atoms with Crippen LogP contribution in [-0.2, 0) is 22.6 Å². The Bertz CT molecular complexity index is 1050. The third-order valence-electron chi connectivity index (χ3n) is 4.11. The maximum Gasteiger partial charge on any atom is 0.243 e. The van der Waals surface area contributed by atoms with E-state index in [9.17, 15) is 22.8 Å². The van der Waals surface area contributed by atoms with Crippen molar-refractivity contribution in [3.8, 4) is 0 Å². The zero-order valence-electron chi connectivity index (χ0n) is 14.9. The van der Waals surface area contributed by atoms with Crippen molar-refractivity contribution >= 4 is 28.5 Å². The standard InChI is InChI=1S/C19H17F3N4O2/c1-2-15-24-12-5-3-4-6-14(12)26(15)10-17(28)23-9-16(27)25-13-8-7-11(20)18(21)19(13)22/h3-8H,2,9-10H2,1H3,(H,23,28)(H,25,27). The molecule has 2 aromatic carbocycles. The first kappa shape index (κ1) is 19.4. The highest BCUT2D eigenvalue weighted by atomic mass is 19.2. The molecule has 0 radical (unpaired) electrons. The number of fused-ring (bicyclic) bond motifs is 1. The van der Waals surface area contributed by atoms with Crippen LogP contribution in [0.15, 0.2) is 36.4 Å². The minimum atomic E-state index is -1.68. The highest BCUT2D eigenvalue weighted by Crippen LogP contribution is 2.19. The summed E-state index contributed by atoms with van der Waals surface area (Å²) < 4.78 is 41.4. The lowest BCUT2D eigenvalue weighted by atomic mass is 10.2. The topological polar surface area (TPSA) is 76.0 Å². The Morgan fingerprint density at radius 2 is 1.79 bits per heavy atom. The van der Waals surface area contributed by atoms with E-state index >= 15 is 0 Å². The van der Waals surface area contributed by atoms with Crippen LogP contribution < -0.4 is 10.6 Å². The van der Waals surface area contributed by atoms with Crippen molar-refractivity contribution in [1.82, 2.24) is 14.9 Å². The van der Waals surface area contributed by atoms with Crippen molar-refractivity contribution in [2.45, 2.75) is 19.9 Å². The van der Waals surface area contributed by atoms with E-state index in [1.165, 1.54) is 0 Å². The van der Waals surface area contributed by atoms with E-state index < -0.39 is 41.5 Å². The van der Waals surface area contributed by atoms with Crippen LogP contribution >= 0.6 is 0 Å². The van der Waals surface area contributed by atoms with E-state index in [0.717, 1.165) is 22.9 Å². The van der Waals surface area contributed by atoms with E-state index in [0.29, 0.717) is 12.5 Å². The third kappa shape index (κ3) is 3.98. The second-order valence-corrected chi connectivity index (χ2v) is 6.00. The average Bonchev–Trinajstić information content (AvgIpc) is 3.04. The van der Waals surface area contributed by atoms with Crippen LogP contribution in [0.25, 0.3) is 11.0 Å². The predicted molar refractivity (Wildman–Crippen MR) is 97.1 cm³/mol. The van der Waals surface area contributed by atoms with Gasteiger partial charge in [-0.3, -0.25) is 9.59 Å². The van der Waals surface area contributed by atoms with Crippen LogP contribution in [0.4, 0.5) is 18.9 Å². The number of anilines is 1. The lowest BCUT2D eigenvalue weighted by Gasteiger charge is -2.10. The number of amides is 2. The van der Waals surface area contributed by atoms with Gasteiger partial charge in [0.25, 0.3) is 0 Å². The molecule has 146 valence electrons. The Hall–Kier alpha value is -3.36. The van der Waals surface area contributed by atoms with E-state index in [-0.39, 0.29) is 6.54 Å². The summed E-state index contributed by atoms with van der Waals surface area (Å²) in [6.07, 6.45) is 0.623. The van der Waals surface area contributed by atoms with Crippen molar-refractivity contribution < 1.29 is 22.8 Å². The molecular formula is C19H17F3N4O2. The number of imidazole rings is 1. The number of para-hydroxylation sites is 2. The molecule has 0 spiro atoms. The molecule has 6 nitrogen and oxygen atoms in total. The SMILES string of the molecule is CCc1nc2ccccc2n1CC(=O)NCC(=O)Nc1ccc(F)c(F)c1F. The van der Waals surface area contributed by atoms with Crippen molar-refractivity contribution in [3.05, 3.63) is 59.7 Å². The smallest absolute Gasteiger partial charge is 0.243 e. The molecule has 2 N–H and O–H groups in total. The molecule has 28 heavy (non-hydrogen) atoms. The summed E-state index contributed by atoms with van der Waals surface area (Å²) in [7, 11) is 0. The van der Waals surface area contributed by atoms with Crippen LogP contribution in [-0.4, -0.2) is 27.9 Å². The van der Waals surface area contributed by atoms with Crippen molar-refractivity contribution in [2.75, 3.05) is 11.9 Å². The van der Waals surface area contributed by atoms with Crippen molar-refractivity contribution in [2.24, 2.45) is 0 Å². The van der Waals surface area contributed by atoms with Crippen molar-refractivity contribution in [3.63, 3.8) is 0 Å². The van der Waals surface area contributed by atoms with Gasteiger partial charge in [0.1, 0.15) is 12.4 Å². The molecule has 0 fully saturated rings. The van der Waals surface area contributed by atoms with Gasteiger partial charge < -0.3 is 15.2 Å². The minimum Gasteiger partial charge on any atom is -0.345 e. The molecule has 0 saturated carbocycles. The lowest BCUT2D eigenvalue weighted by molar-refractivity contribution is -0.124. The van der Waals surface area contributed by atoms with Gasteiger partial charge in [0.15, 0.2) is 17.5 Å². The number of rotatable bonds is 6. The predicted octanol–water partition coefficient (Wildman–Crippen LogP) is 2.77. The average molecular weight is 390 g/mol. The Morgan fingerprint density at radius 1 is 1.04 bits per heavy atom. The Labute approximate surface area is 158 Å². The monoisotopic (exact) mass is 390 g/mol. The number of halogens is 3. The molecule has 0 unspecified atom stereocenters. The number of benzene rings is 2. The second kappa shape index (κ2) is 8.12. The summed E-state index contributed by atoms with van der Waals surface area (Å²) in [5.41, 5.74) is 1.05. The van der Waals surface area contributed by atoms with Crippen LogP contribution in [0.5, 0.6) is 0 Å². The molecule has 3 rings (SSSR count). The number of carbonyl (C=O) groups is 2. The fraction of sp³-hybridized carbons (Fsp3) is 0.211. The molecule has 9 heteroatoms. The van der Waals surface area contributed by atoms with Crippen LogP contribution in [0.1, 0.15) is 12.7 Å². The van der Waals surface area contributed by atoms with E-state index in [1.807, 2.05) is 31.2 Å². The molecule has 1 aromatic heterocycles. The van der Waals surface area contributed by atoms with Crippen molar-refractivity contribution in [1.29, 1.82) is 0 Å². The number of aryl methyl sites for hydroxylation is 1. The summed E-state index contributed by atoms with van der Waals surface area (Å²) in [5, 5.41) is 4.50. The molecule has 0 aliphatic carbocycles. The molecule has 1 heterocycles. The van der Waals surface area contributed by atoms with Crippen LogP contribution in [0, 0.1) is 17.5 Å². The molecule has 0 bridgehead atoms.